The topological polar surface area (TPSA) is 50.2 Å². The molecule has 0 bridgehead atoms. The molecule has 1 aliphatic rings. The summed E-state index contributed by atoms with van der Waals surface area (Å²) in [7, 11) is 0. The first kappa shape index (κ1) is 16.0. The van der Waals surface area contributed by atoms with Gasteiger partial charge < -0.3 is 14.8 Å². The number of hydrogen-bond acceptors (Lipinski definition) is 4. The van der Waals surface area contributed by atoms with E-state index >= 15 is 0 Å². The minimum absolute atomic E-state index is 0.0522. The second-order valence-electron chi connectivity index (χ2n) is 6.34. The molecule has 1 saturated heterocycles. The number of rotatable bonds is 6. The van der Waals surface area contributed by atoms with E-state index in [0.717, 1.165) is 51.5 Å². The van der Waals surface area contributed by atoms with Crippen LogP contribution in [0.15, 0.2) is 17.2 Å². The summed E-state index contributed by atoms with van der Waals surface area (Å²) >= 11 is 0. The van der Waals surface area contributed by atoms with Gasteiger partial charge in [0.25, 0.3) is 5.56 Å². The maximum Gasteiger partial charge on any atom is 0.293 e. The van der Waals surface area contributed by atoms with Crippen LogP contribution in [-0.4, -0.2) is 35.7 Å². The molecule has 0 spiro atoms. The first-order valence-corrected chi connectivity index (χ1v) is 8.13. The van der Waals surface area contributed by atoms with Crippen LogP contribution in [0.3, 0.4) is 0 Å². The predicted molar refractivity (Wildman–Crippen MR) is 86.8 cm³/mol. The zero-order chi connectivity index (χ0) is 15.2. The number of nitrogens with zero attached hydrogens (tertiary/aromatic N) is 3. The van der Waals surface area contributed by atoms with Gasteiger partial charge in [-0.1, -0.05) is 20.8 Å². The molecule has 1 aliphatic heterocycles. The van der Waals surface area contributed by atoms with Gasteiger partial charge in [-0.2, -0.15) is 0 Å². The van der Waals surface area contributed by atoms with E-state index in [9.17, 15) is 4.79 Å². The lowest BCUT2D eigenvalue weighted by Gasteiger charge is -2.32. The van der Waals surface area contributed by atoms with Gasteiger partial charge in [0.2, 0.25) is 0 Å². The fraction of sp³-hybridized carbons (Fsp3) is 0.750. The van der Waals surface area contributed by atoms with E-state index in [-0.39, 0.29) is 5.56 Å². The summed E-state index contributed by atoms with van der Waals surface area (Å²) in [5.41, 5.74) is 0.0522. The van der Waals surface area contributed by atoms with Crippen LogP contribution >= 0.6 is 0 Å². The number of hydrogen-bond donors (Lipinski definition) is 1. The van der Waals surface area contributed by atoms with Crippen LogP contribution in [0.25, 0.3) is 0 Å². The van der Waals surface area contributed by atoms with E-state index in [1.54, 1.807) is 17.0 Å². The Morgan fingerprint density at radius 3 is 2.71 bits per heavy atom. The van der Waals surface area contributed by atoms with Gasteiger partial charge in [-0.15, -0.1) is 0 Å². The molecular formula is C16H28N4O. The summed E-state index contributed by atoms with van der Waals surface area (Å²) in [5.74, 6) is 1.81. The third kappa shape index (κ3) is 4.30. The molecule has 2 rings (SSSR count). The van der Waals surface area contributed by atoms with Crippen molar-refractivity contribution in [1.82, 2.24) is 14.9 Å². The quantitative estimate of drug-likeness (QED) is 0.867. The van der Waals surface area contributed by atoms with Gasteiger partial charge >= 0.3 is 0 Å². The SMILES string of the molecule is CCNCC1CCN(c2nccn(CC(C)C)c2=O)CC1. The average Bonchev–Trinajstić information content (AvgIpc) is 2.47. The van der Waals surface area contributed by atoms with Crippen LogP contribution in [-0.2, 0) is 6.54 Å². The molecule has 1 fully saturated rings. The Labute approximate surface area is 127 Å². The zero-order valence-corrected chi connectivity index (χ0v) is 13.5. The summed E-state index contributed by atoms with van der Waals surface area (Å²) in [6.45, 7) is 11.1. The van der Waals surface area contributed by atoms with Crippen molar-refractivity contribution in [3.05, 3.63) is 22.7 Å². The summed E-state index contributed by atoms with van der Waals surface area (Å²) in [4.78, 5) is 19.0. The lowest BCUT2D eigenvalue weighted by atomic mass is 9.97. The van der Waals surface area contributed by atoms with Crippen LogP contribution in [0.1, 0.15) is 33.6 Å². The molecule has 5 nitrogen and oxygen atoms in total. The highest BCUT2D eigenvalue weighted by Crippen LogP contribution is 2.19. The Bertz CT molecular complexity index is 489. The Kier molecular flexibility index (Phi) is 5.79. The third-order valence-corrected chi connectivity index (χ3v) is 4.05. The first-order valence-electron chi connectivity index (χ1n) is 8.13. The van der Waals surface area contributed by atoms with E-state index in [1.165, 1.54) is 0 Å². The molecule has 0 unspecified atom stereocenters. The molecule has 0 aliphatic carbocycles. The summed E-state index contributed by atoms with van der Waals surface area (Å²) in [6.07, 6.45) is 5.81. The van der Waals surface area contributed by atoms with E-state index in [4.69, 9.17) is 0 Å². The lowest BCUT2D eigenvalue weighted by Crippen LogP contribution is -2.41. The average molecular weight is 292 g/mol. The van der Waals surface area contributed by atoms with Crippen molar-refractivity contribution in [2.75, 3.05) is 31.1 Å². The van der Waals surface area contributed by atoms with Crippen LogP contribution < -0.4 is 15.8 Å². The molecule has 0 aromatic carbocycles. The minimum atomic E-state index is 0.0522. The lowest BCUT2D eigenvalue weighted by molar-refractivity contribution is 0.384. The second-order valence-corrected chi connectivity index (χ2v) is 6.34. The number of nitrogens with one attached hydrogen (secondary N) is 1. The first-order chi connectivity index (χ1) is 10.1. The smallest absolute Gasteiger partial charge is 0.293 e. The van der Waals surface area contributed by atoms with Gasteiger partial charge in [-0.3, -0.25) is 4.79 Å². The van der Waals surface area contributed by atoms with E-state index < -0.39 is 0 Å². The number of piperidine rings is 1. The molecule has 0 radical (unpaired) electrons. The summed E-state index contributed by atoms with van der Waals surface area (Å²) < 4.78 is 1.79. The number of anilines is 1. The Hall–Kier alpha value is -1.36. The van der Waals surface area contributed by atoms with Gasteiger partial charge in [0.15, 0.2) is 5.82 Å². The maximum absolute atomic E-state index is 12.5. The largest absolute Gasteiger partial charge is 0.352 e. The molecular weight excluding hydrogens is 264 g/mol. The molecule has 2 heterocycles. The monoisotopic (exact) mass is 292 g/mol. The van der Waals surface area contributed by atoms with Crippen LogP contribution in [0, 0.1) is 11.8 Å². The molecule has 1 N–H and O–H groups in total. The Morgan fingerprint density at radius 1 is 1.38 bits per heavy atom. The van der Waals surface area contributed by atoms with E-state index in [2.05, 4.69) is 36.0 Å². The van der Waals surface area contributed by atoms with Gasteiger partial charge in [0.1, 0.15) is 0 Å². The standard InChI is InChI=1S/C16H28N4O/c1-4-17-11-14-5-8-19(9-6-14)15-16(21)20(10-7-18-15)12-13(2)3/h7,10,13-14,17H,4-6,8-9,11-12H2,1-3H3. The second kappa shape index (κ2) is 7.59. The minimum Gasteiger partial charge on any atom is -0.352 e. The highest BCUT2D eigenvalue weighted by Gasteiger charge is 2.22. The molecule has 118 valence electrons. The van der Waals surface area contributed by atoms with E-state index in [1.807, 2.05) is 0 Å². The van der Waals surface area contributed by atoms with Crippen molar-refractivity contribution < 1.29 is 0 Å². The Balaban J connectivity index is 2.02. The Morgan fingerprint density at radius 2 is 2.10 bits per heavy atom. The maximum atomic E-state index is 12.5. The van der Waals surface area contributed by atoms with Crippen molar-refractivity contribution in [2.45, 2.75) is 40.2 Å². The van der Waals surface area contributed by atoms with Gasteiger partial charge in [0, 0.05) is 32.0 Å². The van der Waals surface area contributed by atoms with Gasteiger partial charge in [-0.25, -0.2) is 4.98 Å². The molecule has 21 heavy (non-hydrogen) atoms. The van der Waals surface area contributed by atoms with Gasteiger partial charge in [-0.05, 0) is 37.8 Å². The summed E-state index contributed by atoms with van der Waals surface area (Å²) in [5, 5.41) is 3.41. The normalized spacial score (nSPS) is 16.7. The molecule has 0 atom stereocenters. The van der Waals surface area contributed by atoms with Crippen molar-refractivity contribution >= 4 is 5.82 Å². The summed E-state index contributed by atoms with van der Waals surface area (Å²) in [6, 6.07) is 0. The fourth-order valence-electron chi connectivity index (χ4n) is 2.89. The molecule has 0 saturated carbocycles. The van der Waals surface area contributed by atoms with Crippen LogP contribution in [0.2, 0.25) is 0 Å². The molecule has 0 amide bonds. The predicted octanol–water partition coefficient (Wildman–Crippen LogP) is 1.73. The van der Waals surface area contributed by atoms with Crippen LogP contribution in [0.4, 0.5) is 5.82 Å². The number of aromatic nitrogens is 2. The van der Waals surface area contributed by atoms with Crippen molar-refractivity contribution in [3.63, 3.8) is 0 Å². The van der Waals surface area contributed by atoms with Crippen molar-refractivity contribution in [2.24, 2.45) is 11.8 Å². The fourth-order valence-corrected chi connectivity index (χ4v) is 2.89. The highest BCUT2D eigenvalue weighted by atomic mass is 16.1. The van der Waals surface area contributed by atoms with Crippen LogP contribution in [0.5, 0.6) is 0 Å². The highest BCUT2D eigenvalue weighted by molar-refractivity contribution is 5.36. The molecule has 1 aromatic rings. The molecule has 5 heteroatoms. The van der Waals surface area contributed by atoms with Crippen molar-refractivity contribution in [1.29, 1.82) is 0 Å². The van der Waals surface area contributed by atoms with Crippen molar-refractivity contribution in [3.8, 4) is 0 Å². The molecule has 1 aromatic heterocycles. The third-order valence-electron chi connectivity index (χ3n) is 4.05. The zero-order valence-electron chi connectivity index (χ0n) is 13.5. The van der Waals surface area contributed by atoms with Gasteiger partial charge in [0.05, 0.1) is 0 Å². The van der Waals surface area contributed by atoms with E-state index in [0.29, 0.717) is 11.7 Å².